The van der Waals surface area contributed by atoms with Crippen LogP contribution in [0.3, 0.4) is 0 Å². The molecule has 0 aromatic heterocycles. The van der Waals surface area contributed by atoms with Crippen LogP contribution in [-0.4, -0.2) is 34.9 Å². The molecular weight excluding hydrogens is 289 g/mol. The number of carbonyl (C=O) groups excluding carboxylic acids is 1. The quantitative estimate of drug-likeness (QED) is 0.798. The average Bonchev–Trinajstić information content (AvgIpc) is 2.72. The topological polar surface area (TPSA) is 69.6 Å². The van der Waals surface area contributed by atoms with Gasteiger partial charge >= 0.3 is 0 Å². The summed E-state index contributed by atoms with van der Waals surface area (Å²) in [5.74, 6) is -0.497. The minimum absolute atomic E-state index is 0.0779. The fourth-order valence-electron chi connectivity index (χ4n) is 2.35. The molecule has 1 amide bonds. The van der Waals surface area contributed by atoms with Gasteiger partial charge in [-0.2, -0.15) is 0 Å². The standard InChI is InChI=1S/C13H15Cl2NO3/c14-8-1-2-11(15)10(4-8)13(19)16-9-3-7(6-17)12(18)5-9/h1-2,4,7,9,12,17-18H,3,5-6H2,(H,16,19)/t7-,9-,12+/m0/s1. The van der Waals surface area contributed by atoms with E-state index >= 15 is 0 Å². The van der Waals surface area contributed by atoms with Crippen molar-refractivity contribution in [2.24, 2.45) is 5.92 Å². The van der Waals surface area contributed by atoms with Gasteiger partial charge in [0.2, 0.25) is 0 Å². The van der Waals surface area contributed by atoms with Gasteiger partial charge in [-0.3, -0.25) is 4.79 Å². The lowest BCUT2D eigenvalue weighted by Gasteiger charge is -2.13. The number of benzene rings is 1. The molecule has 1 fully saturated rings. The first-order valence-electron chi connectivity index (χ1n) is 6.06. The molecule has 0 unspecified atom stereocenters. The van der Waals surface area contributed by atoms with Crippen molar-refractivity contribution in [3.63, 3.8) is 0 Å². The van der Waals surface area contributed by atoms with Crippen LogP contribution in [0, 0.1) is 5.92 Å². The maximum absolute atomic E-state index is 12.1. The van der Waals surface area contributed by atoms with Crippen LogP contribution in [0.15, 0.2) is 18.2 Å². The molecule has 6 heteroatoms. The maximum atomic E-state index is 12.1. The zero-order chi connectivity index (χ0) is 14.0. The van der Waals surface area contributed by atoms with Crippen LogP contribution < -0.4 is 5.32 Å². The zero-order valence-corrected chi connectivity index (χ0v) is 11.7. The molecule has 19 heavy (non-hydrogen) atoms. The second kappa shape index (κ2) is 6.09. The van der Waals surface area contributed by atoms with E-state index in [-0.39, 0.29) is 24.5 Å². The number of nitrogens with one attached hydrogen (secondary N) is 1. The van der Waals surface area contributed by atoms with Gasteiger partial charge in [-0.1, -0.05) is 23.2 Å². The molecule has 1 aromatic carbocycles. The molecule has 4 nitrogen and oxygen atoms in total. The van der Waals surface area contributed by atoms with E-state index in [9.17, 15) is 9.90 Å². The van der Waals surface area contributed by atoms with Crippen LogP contribution in [-0.2, 0) is 0 Å². The van der Waals surface area contributed by atoms with Gasteiger partial charge in [0.05, 0.1) is 16.7 Å². The molecule has 0 saturated heterocycles. The molecule has 2 rings (SSSR count). The summed E-state index contributed by atoms with van der Waals surface area (Å²) >= 11 is 11.8. The highest BCUT2D eigenvalue weighted by atomic mass is 35.5. The molecule has 104 valence electrons. The minimum atomic E-state index is -0.579. The Morgan fingerprint density at radius 1 is 1.37 bits per heavy atom. The van der Waals surface area contributed by atoms with Crippen LogP contribution in [0.1, 0.15) is 23.2 Å². The molecule has 1 aromatic rings. The lowest BCUT2D eigenvalue weighted by Crippen LogP contribution is -2.33. The Morgan fingerprint density at radius 2 is 2.11 bits per heavy atom. The summed E-state index contributed by atoms with van der Waals surface area (Å²) in [7, 11) is 0. The van der Waals surface area contributed by atoms with E-state index < -0.39 is 6.10 Å². The summed E-state index contributed by atoms with van der Waals surface area (Å²) in [6, 6.07) is 4.53. The number of aliphatic hydroxyl groups is 2. The molecule has 1 saturated carbocycles. The molecule has 1 aliphatic rings. The van der Waals surface area contributed by atoms with Gasteiger partial charge in [0.1, 0.15) is 0 Å². The Morgan fingerprint density at radius 3 is 2.74 bits per heavy atom. The van der Waals surface area contributed by atoms with E-state index in [4.69, 9.17) is 28.3 Å². The van der Waals surface area contributed by atoms with Crippen LogP contribution in [0.5, 0.6) is 0 Å². The molecule has 1 aliphatic carbocycles. The number of hydrogen-bond donors (Lipinski definition) is 3. The van der Waals surface area contributed by atoms with Crippen molar-refractivity contribution in [3.05, 3.63) is 33.8 Å². The summed E-state index contributed by atoms with van der Waals surface area (Å²) in [5.41, 5.74) is 0.316. The predicted octanol–water partition coefficient (Wildman–Crippen LogP) is 1.85. The predicted molar refractivity (Wildman–Crippen MR) is 73.5 cm³/mol. The lowest BCUT2D eigenvalue weighted by atomic mass is 10.1. The molecule has 0 bridgehead atoms. The molecular formula is C13H15Cl2NO3. The number of carbonyl (C=O) groups is 1. The second-order valence-electron chi connectivity index (χ2n) is 4.78. The van der Waals surface area contributed by atoms with E-state index in [1.807, 2.05) is 0 Å². The van der Waals surface area contributed by atoms with E-state index in [1.165, 1.54) is 6.07 Å². The minimum Gasteiger partial charge on any atom is -0.396 e. The highest BCUT2D eigenvalue weighted by molar-refractivity contribution is 6.35. The normalized spacial score (nSPS) is 26.4. The van der Waals surface area contributed by atoms with E-state index in [0.717, 1.165) is 0 Å². The van der Waals surface area contributed by atoms with E-state index in [1.54, 1.807) is 12.1 Å². The first kappa shape index (κ1) is 14.6. The van der Waals surface area contributed by atoms with Gasteiger partial charge in [0.25, 0.3) is 5.91 Å². The van der Waals surface area contributed by atoms with Gasteiger partial charge in [-0.15, -0.1) is 0 Å². The molecule has 0 heterocycles. The van der Waals surface area contributed by atoms with Crippen molar-refractivity contribution in [1.82, 2.24) is 5.32 Å². The largest absolute Gasteiger partial charge is 0.396 e. The number of amides is 1. The smallest absolute Gasteiger partial charge is 0.253 e. The monoisotopic (exact) mass is 303 g/mol. The van der Waals surface area contributed by atoms with Crippen molar-refractivity contribution in [1.29, 1.82) is 0 Å². The third-order valence-corrected chi connectivity index (χ3v) is 3.96. The molecule has 3 N–H and O–H groups in total. The highest BCUT2D eigenvalue weighted by Crippen LogP contribution is 2.27. The van der Waals surface area contributed by atoms with Gasteiger partial charge in [0.15, 0.2) is 0 Å². The van der Waals surface area contributed by atoms with Gasteiger partial charge < -0.3 is 15.5 Å². The van der Waals surface area contributed by atoms with Crippen molar-refractivity contribution in [2.75, 3.05) is 6.61 Å². The summed E-state index contributed by atoms with van der Waals surface area (Å²) in [4.78, 5) is 12.1. The Bertz CT molecular complexity index is 481. The van der Waals surface area contributed by atoms with Crippen molar-refractivity contribution < 1.29 is 15.0 Å². The van der Waals surface area contributed by atoms with E-state index in [2.05, 4.69) is 5.32 Å². The molecule has 0 aliphatic heterocycles. The summed E-state index contributed by atoms with van der Waals surface area (Å²) < 4.78 is 0. The summed E-state index contributed by atoms with van der Waals surface area (Å²) in [5, 5.41) is 22.3. The fourth-order valence-corrected chi connectivity index (χ4v) is 2.73. The number of aliphatic hydroxyl groups excluding tert-OH is 2. The maximum Gasteiger partial charge on any atom is 0.253 e. The Hall–Kier alpha value is -0.810. The third-order valence-electron chi connectivity index (χ3n) is 3.40. The first-order valence-corrected chi connectivity index (χ1v) is 6.81. The van der Waals surface area contributed by atoms with E-state index in [0.29, 0.717) is 28.5 Å². The molecule has 0 spiro atoms. The van der Waals surface area contributed by atoms with Gasteiger partial charge in [0, 0.05) is 23.6 Å². The highest BCUT2D eigenvalue weighted by Gasteiger charge is 2.33. The second-order valence-corrected chi connectivity index (χ2v) is 5.62. The molecule has 0 radical (unpaired) electrons. The lowest BCUT2D eigenvalue weighted by molar-refractivity contribution is 0.0903. The van der Waals surface area contributed by atoms with Crippen molar-refractivity contribution in [3.8, 4) is 0 Å². The van der Waals surface area contributed by atoms with Gasteiger partial charge in [-0.25, -0.2) is 0 Å². The molecule has 3 atom stereocenters. The van der Waals surface area contributed by atoms with Crippen LogP contribution >= 0.6 is 23.2 Å². The Kier molecular flexibility index (Phi) is 4.68. The third kappa shape index (κ3) is 3.39. The number of halogens is 2. The van der Waals surface area contributed by atoms with Crippen molar-refractivity contribution in [2.45, 2.75) is 25.0 Å². The number of hydrogen-bond acceptors (Lipinski definition) is 3. The summed E-state index contributed by atoms with van der Waals surface area (Å²) in [6.45, 7) is -0.0779. The van der Waals surface area contributed by atoms with Crippen molar-refractivity contribution >= 4 is 29.1 Å². The van der Waals surface area contributed by atoms with Crippen LogP contribution in [0.4, 0.5) is 0 Å². The fraction of sp³-hybridized carbons (Fsp3) is 0.462. The number of rotatable bonds is 3. The van der Waals surface area contributed by atoms with Crippen LogP contribution in [0.25, 0.3) is 0 Å². The van der Waals surface area contributed by atoms with Crippen LogP contribution in [0.2, 0.25) is 10.0 Å². The Labute approximate surface area is 121 Å². The average molecular weight is 304 g/mol. The Balaban J connectivity index is 2.04. The summed E-state index contributed by atoms with van der Waals surface area (Å²) in [6.07, 6.45) is 0.418. The first-order chi connectivity index (χ1) is 9.01. The van der Waals surface area contributed by atoms with Gasteiger partial charge in [-0.05, 0) is 31.0 Å². The zero-order valence-electron chi connectivity index (χ0n) is 10.1. The SMILES string of the molecule is O=C(N[C@H]1C[C@@H](CO)[C@H](O)C1)c1cc(Cl)ccc1Cl.